The summed E-state index contributed by atoms with van der Waals surface area (Å²) in [5.74, 6) is 0.814. The molecule has 0 spiro atoms. The Balaban J connectivity index is 3.14. The van der Waals surface area contributed by atoms with Crippen LogP contribution in [0, 0.1) is 3.57 Å². The topological polar surface area (TPSA) is 29.5 Å². The summed E-state index contributed by atoms with van der Waals surface area (Å²) in [6, 6.07) is 5.66. The van der Waals surface area contributed by atoms with Crippen molar-refractivity contribution in [1.29, 1.82) is 0 Å². The quantitative estimate of drug-likeness (QED) is 0.841. The Morgan fingerprint density at radius 3 is 2.67 bits per heavy atom. The average molecular weight is 278 g/mol. The molecule has 1 atom stereocenters. The summed E-state index contributed by atoms with van der Waals surface area (Å²) in [4.78, 5) is 0. The van der Waals surface area contributed by atoms with Crippen molar-refractivity contribution in [3.63, 3.8) is 0 Å². The predicted octanol–water partition coefficient (Wildman–Crippen LogP) is 2.35. The number of ether oxygens (including phenoxy) is 1. The van der Waals surface area contributed by atoms with E-state index in [1.54, 1.807) is 14.0 Å². The molecule has 0 saturated carbocycles. The van der Waals surface area contributed by atoms with Crippen molar-refractivity contribution < 1.29 is 9.84 Å². The molecule has 0 aromatic heterocycles. The smallest absolute Gasteiger partial charge is 0.132 e. The van der Waals surface area contributed by atoms with E-state index in [9.17, 15) is 5.11 Å². The predicted molar refractivity (Wildman–Crippen MR) is 56.3 cm³/mol. The number of aliphatic hydroxyl groups excluding tert-OH is 1. The maximum atomic E-state index is 9.36. The summed E-state index contributed by atoms with van der Waals surface area (Å²) in [7, 11) is 1.63. The molecule has 0 heterocycles. The van der Waals surface area contributed by atoms with Gasteiger partial charge < -0.3 is 9.84 Å². The molecule has 1 N–H and O–H groups in total. The van der Waals surface area contributed by atoms with Gasteiger partial charge in [-0.25, -0.2) is 0 Å². The highest BCUT2D eigenvalue weighted by atomic mass is 127. The summed E-state index contributed by atoms with van der Waals surface area (Å²) < 4.78 is 6.10. The molecular weight excluding hydrogens is 267 g/mol. The van der Waals surface area contributed by atoms with Gasteiger partial charge in [0.2, 0.25) is 0 Å². The normalized spacial score (nSPS) is 12.7. The van der Waals surface area contributed by atoms with E-state index >= 15 is 0 Å². The van der Waals surface area contributed by atoms with Crippen LogP contribution in [-0.2, 0) is 0 Å². The minimum atomic E-state index is -0.438. The van der Waals surface area contributed by atoms with Crippen LogP contribution in [0.1, 0.15) is 18.6 Å². The van der Waals surface area contributed by atoms with Gasteiger partial charge in [-0.3, -0.25) is 0 Å². The molecule has 1 rings (SSSR count). The van der Waals surface area contributed by atoms with Crippen LogP contribution in [0.3, 0.4) is 0 Å². The number of rotatable bonds is 2. The molecule has 0 saturated heterocycles. The number of hydrogen-bond acceptors (Lipinski definition) is 2. The third-order valence-electron chi connectivity index (χ3n) is 1.66. The first-order valence-corrected chi connectivity index (χ1v) is 4.75. The summed E-state index contributed by atoms with van der Waals surface area (Å²) in [6.45, 7) is 1.75. The minimum Gasteiger partial charge on any atom is -0.496 e. The molecule has 66 valence electrons. The molecule has 0 fully saturated rings. The average Bonchev–Trinajstić information content (AvgIpc) is 2.04. The highest BCUT2D eigenvalue weighted by molar-refractivity contribution is 14.1. The van der Waals surface area contributed by atoms with Gasteiger partial charge in [-0.15, -0.1) is 0 Å². The first-order chi connectivity index (χ1) is 5.66. The molecule has 0 bridgehead atoms. The van der Waals surface area contributed by atoms with Crippen LogP contribution in [0.4, 0.5) is 0 Å². The third-order valence-corrected chi connectivity index (χ3v) is 2.82. The molecule has 0 aliphatic carbocycles. The van der Waals surface area contributed by atoms with Gasteiger partial charge in [0, 0.05) is 0 Å². The monoisotopic (exact) mass is 278 g/mol. The van der Waals surface area contributed by atoms with Crippen molar-refractivity contribution in [2.75, 3.05) is 7.11 Å². The molecule has 0 aliphatic heterocycles. The molecule has 0 amide bonds. The molecule has 12 heavy (non-hydrogen) atoms. The maximum absolute atomic E-state index is 9.36. The zero-order valence-electron chi connectivity index (χ0n) is 7.04. The lowest BCUT2D eigenvalue weighted by Crippen LogP contribution is -1.97. The second-order valence-corrected chi connectivity index (χ2v) is 3.62. The van der Waals surface area contributed by atoms with Crippen molar-refractivity contribution in [3.8, 4) is 5.75 Å². The first kappa shape index (κ1) is 9.80. The van der Waals surface area contributed by atoms with E-state index in [4.69, 9.17) is 4.74 Å². The molecular formula is C9H11IO2. The van der Waals surface area contributed by atoms with Gasteiger partial charge in [-0.2, -0.15) is 0 Å². The van der Waals surface area contributed by atoms with E-state index < -0.39 is 6.10 Å². The fourth-order valence-electron chi connectivity index (χ4n) is 1.01. The first-order valence-electron chi connectivity index (χ1n) is 3.67. The minimum absolute atomic E-state index is 0.438. The van der Waals surface area contributed by atoms with E-state index in [1.165, 1.54) is 0 Å². The van der Waals surface area contributed by atoms with Gasteiger partial charge in [0.15, 0.2) is 0 Å². The van der Waals surface area contributed by atoms with E-state index in [0.29, 0.717) is 0 Å². The van der Waals surface area contributed by atoms with Crippen LogP contribution >= 0.6 is 22.6 Å². The van der Waals surface area contributed by atoms with Crippen LogP contribution in [0.25, 0.3) is 0 Å². The molecule has 0 unspecified atom stereocenters. The van der Waals surface area contributed by atoms with Crippen molar-refractivity contribution in [2.45, 2.75) is 13.0 Å². The van der Waals surface area contributed by atoms with Crippen molar-refractivity contribution in [2.24, 2.45) is 0 Å². The van der Waals surface area contributed by atoms with Crippen molar-refractivity contribution in [3.05, 3.63) is 27.3 Å². The fraction of sp³-hybridized carbons (Fsp3) is 0.333. The number of aliphatic hydroxyl groups is 1. The zero-order valence-corrected chi connectivity index (χ0v) is 9.20. The Labute approximate surface area is 85.7 Å². The Hall–Kier alpha value is -0.290. The summed E-state index contributed by atoms with van der Waals surface area (Å²) in [6.07, 6.45) is -0.438. The molecule has 1 aromatic carbocycles. The lowest BCUT2D eigenvalue weighted by Gasteiger charge is -2.10. The molecule has 0 radical (unpaired) electrons. The zero-order chi connectivity index (χ0) is 9.14. The summed E-state index contributed by atoms with van der Waals surface area (Å²) >= 11 is 2.17. The Morgan fingerprint density at radius 2 is 2.17 bits per heavy atom. The van der Waals surface area contributed by atoms with Gasteiger partial charge in [0.05, 0.1) is 16.8 Å². The Morgan fingerprint density at radius 1 is 1.50 bits per heavy atom. The standard InChI is InChI=1S/C9H11IO2/c1-6(11)7-4-3-5-8(12-2)9(7)10/h3-6,11H,1-2H3/t6-/m0/s1. The SMILES string of the molecule is COc1cccc([C@H](C)O)c1I. The van der Waals surface area contributed by atoms with Crippen LogP contribution < -0.4 is 4.74 Å². The Bertz CT molecular complexity index is 271. The highest BCUT2D eigenvalue weighted by Gasteiger charge is 2.09. The maximum Gasteiger partial charge on any atom is 0.132 e. The fourth-order valence-corrected chi connectivity index (χ4v) is 2.04. The van der Waals surface area contributed by atoms with Gasteiger partial charge in [0.1, 0.15) is 5.75 Å². The molecule has 1 aromatic rings. The number of benzene rings is 1. The Kier molecular flexibility index (Phi) is 3.34. The number of hydrogen-bond donors (Lipinski definition) is 1. The van der Waals surface area contributed by atoms with E-state index in [1.807, 2.05) is 18.2 Å². The van der Waals surface area contributed by atoms with Crippen molar-refractivity contribution in [1.82, 2.24) is 0 Å². The van der Waals surface area contributed by atoms with Crippen LogP contribution in [-0.4, -0.2) is 12.2 Å². The van der Waals surface area contributed by atoms with Crippen molar-refractivity contribution >= 4 is 22.6 Å². The summed E-state index contributed by atoms with van der Waals surface area (Å²) in [5, 5.41) is 9.36. The van der Waals surface area contributed by atoms with Gasteiger partial charge in [-0.1, -0.05) is 12.1 Å². The van der Waals surface area contributed by atoms with Crippen LogP contribution in [0.5, 0.6) is 5.75 Å². The largest absolute Gasteiger partial charge is 0.496 e. The summed E-state index contributed by atoms with van der Waals surface area (Å²) in [5.41, 5.74) is 0.912. The van der Waals surface area contributed by atoms with E-state index in [2.05, 4.69) is 22.6 Å². The molecule has 3 heteroatoms. The van der Waals surface area contributed by atoms with Gasteiger partial charge in [-0.05, 0) is 41.1 Å². The van der Waals surface area contributed by atoms with Crippen LogP contribution in [0.15, 0.2) is 18.2 Å². The van der Waals surface area contributed by atoms with Gasteiger partial charge in [0.25, 0.3) is 0 Å². The second kappa shape index (κ2) is 4.09. The van der Waals surface area contributed by atoms with E-state index in [-0.39, 0.29) is 0 Å². The van der Waals surface area contributed by atoms with Crippen LogP contribution in [0.2, 0.25) is 0 Å². The third kappa shape index (κ3) is 1.90. The lowest BCUT2D eigenvalue weighted by atomic mass is 10.1. The number of methoxy groups -OCH3 is 1. The molecule has 2 nitrogen and oxygen atoms in total. The molecule has 0 aliphatic rings. The number of halogens is 1. The highest BCUT2D eigenvalue weighted by Crippen LogP contribution is 2.27. The second-order valence-electron chi connectivity index (χ2n) is 2.54. The lowest BCUT2D eigenvalue weighted by molar-refractivity contribution is 0.198. The van der Waals surface area contributed by atoms with E-state index in [0.717, 1.165) is 14.9 Å². The van der Waals surface area contributed by atoms with Gasteiger partial charge >= 0.3 is 0 Å².